The van der Waals surface area contributed by atoms with E-state index in [4.69, 9.17) is 0 Å². The second-order valence-electron chi connectivity index (χ2n) is 8.10. The molecule has 29 heavy (non-hydrogen) atoms. The van der Waals surface area contributed by atoms with Gasteiger partial charge in [0.1, 0.15) is 12.1 Å². The van der Waals surface area contributed by atoms with Gasteiger partial charge in [-0.1, -0.05) is 30.3 Å². The molecule has 8 nitrogen and oxygen atoms in total. The lowest BCUT2D eigenvalue weighted by atomic mass is 9.85. The number of anilines is 1. The lowest BCUT2D eigenvalue weighted by Crippen LogP contribution is -2.52. The third kappa shape index (κ3) is 3.93. The highest BCUT2D eigenvalue weighted by molar-refractivity contribution is 5.69. The quantitative estimate of drug-likeness (QED) is 0.608. The number of hydrogen-bond donors (Lipinski definition) is 2. The van der Waals surface area contributed by atoms with E-state index in [1.807, 2.05) is 36.4 Å². The summed E-state index contributed by atoms with van der Waals surface area (Å²) in [4.78, 5) is 22.2. The van der Waals surface area contributed by atoms with Gasteiger partial charge in [0.2, 0.25) is 0 Å². The van der Waals surface area contributed by atoms with E-state index in [2.05, 4.69) is 25.3 Å². The summed E-state index contributed by atoms with van der Waals surface area (Å²) < 4.78 is 1.72. The minimum Gasteiger partial charge on any atom is -0.480 e. The van der Waals surface area contributed by atoms with E-state index in [-0.39, 0.29) is 12.6 Å². The van der Waals surface area contributed by atoms with E-state index in [1.54, 1.807) is 4.52 Å². The molecule has 3 aromatic rings. The molecule has 0 bridgehead atoms. The number of rotatable bonds is 8. The van der Waals surface area contributed by atoms with Crippen molar-refractivity contribution in [1.82, 2.24) is 24.5 Å². The zero-order valence-corrected chi connectivity index (χ0v) is 16.1. The number of nitrogens with zero attached hydrogens (tertiary/aromatic N) is 5. The number of carboxylic acid groups (broad SMARTS) is 1. The summed E-state index contributed by atoms with van der Waals surface area (Å²) in [6.07, 6.45) is 5.83. The van der Waals surface area contributed by atoms with Gasteiger partial charge in [0.15, 0.2) is 0 Å². The summed E-state index contributed by atoms with van der Waals surface area (Å²) in [5.74, 6) is 1.37. The van der Waals surface area contributed by atoms with Crippen LogP contribution in [0.3, 0.4) is 0 Å². The largest absolute Gasteiger partial charge is 0.480 e. The lowest BCUT2D eigenvalue weighted by Gasteiger charge is -2.43. The van der Waals surface area contributed by atoms with E-state index in [9.17, 15) is 9.90 Å². The van der Waals surface area contributed by atoms with Crippen LogP contribution in [0.5, 0.6) is 0 Å². The molecule has 2 saturated carbocycles. The maximum atomic E-state index is 11.2. The lowest BCUT2D eigenvalue weighted by molar-refractivity contribution is -0.139. The minimum atomic E-state index is -0.743. The molecule has 0 amide bonds. The van der Waals surface area contributed by atoms with Crippen molar-refractivity contribution in [2.75, 3.05) is 18.4 Å². The summed E-state index contributed by atoms with van der Waals surface area (Å²) in [6.45, 7) is 1.04. The van der Waals surface area contributed by atoms with Crippen LogP contribution < -0.4 is 5.32 Å². The van der Waals surface area contributed by atoms with Crippen LogP contribution >= 0.6 is 0 Å². The smallest absolute Gasteiger partial charge is 0.317 e. The fourth-order valence-corrected chi connectivity index (χ4v) is 4.03. The molecule has 0 unspecified atom stereocenters. The van der Waals surface area contributed by atoms with Gasteiger partial charge in [0, 0.05) is 30.3 Å². The van der Waals surface area contributed by atoms with Gasteiger partial charge in [-0.3, -0.25) is 9.69 Å². The molecule has 2 aliphatic rings. The first-order chi connectivity index (χ1) is 14.2. The average Bonchev–Trinajstić information content (AvgIpc) is 3.36. The number of carbonyl (C=O) groups is 1. The van der Waals surface area contributed by atoms with Crippen molar-refractivity contribution in [3.05, 3.63) is 42.7 Å². The molecule has 0 aliphatic heterocycles. The van der Waals surface area contributed by atoms with Gasteiger partial charge in [-0.15, -0.1) is 0 Å². The number of nitrogens with one attached hydrogen (secondary N) is 1. The average molecular weight is 392 g/mol. The van der Waals surface area contributed by atoms with Crippen molar-refractivity contribution in [2.45, 2.75) is 37.8 Å². The van der Waals surface area contributed by atoms with Crippen LogP contribution in [0.2, 0.25) is 0 Å². The Morgan fingerprint density at radius 2 is 2.03 bits per heavy atom. The van der Waals surface area contributed by atoms with Gasteiger partial charge < -0.3 is 10.4 Å². The third-order valence-corrected chi connectivity index (χ3v) is 5.83. The van der Waals surface area contributed by atoms with Gasteiger partial charge in [0.05, 0.1) is 12.2 Å². The Kier molecular flexibility index (Phi) is 4.63. The van der Waals surface area contributed by atoms with E-state index >= 15 is 0 Å². The Bertz CT molecular complexity index is 1010. The summed E-state index contributed by atoms with van der Waals surface area (Å²) in [6, 6.07) is 12.6. The molecule has 0 atom stereocenters. The minimum absolute atomic E-state index is 0.134. The molecule has 150 valence electrons. The molecular weight excluding hydrogens is 368 g/mol. The zero-order valence-electron chi connectivity index (χ0n) is 16.1. The van der Waals surface area contributed by atoms with Gasteiger partial charge in [-0.05, 0) is 31.6 Å². The fraction of sp³-hybridized carbons (Fsp3) is 0.429. The molecule has 2 N–H and O–H groups in total. The third-order valence-electron chi connectivity index (χ3n) is 5.83. The molecule has 0 spiro atoms. The summed E-state index contributed by atoms with van der Waals surface area (Å²) >= 11 is 0. The van der Waals surface area contributed by atoms with Crippen LogP contribution in [0.15, 0.2) is 42.7 Å². The second-order valence-corrected chi connectivity index (χ2v) is 8.10. The number of aromatic nitrogens is 4. The van der Waals surface area contributed by atoms with Crippen molar-refractivity contribution in [2.24, 2.45) is 5.92 Å². The fourth-order valence-electron chi connectivity index (χ4n) is 4.03. The van der Waals surface area contributed by atoms with E-state index in [0.717, 1.165) is 36.5 Å². The number of carboxylic acids is 1. The molecule has 0 saturated heterocycles. The standard InChI is InChI=1S/C21H24N6O2/c28-20(29)12-26(11-14-6-7-14)17-8-16(9-17)24-19-10-18(15-4-2-1-3-5-15)25-21-22-13-23-27(19)21/h1-5,10,13-14,16-17,24H,6-9,11-12H2,(H,28,29). The zero-order chi connectivity index (χ0) is 19.8. The van der Waals surface area contributed by atoms with E-state index < -0.39 is 5.97 Å². The van der Waals surface area contributed by atoms with Crippen molar-refractivity contribution in [1.29, 1.82) is 0 Å². The molecule has 8 heteroatoms. The SMILES string of the molecule is O=C(O)CN(CC1CC1)C1CC(Nc2cc(-c3ccccc3)nc3ncnn23)C1. The van der Waals surface area contributed by atoms with Gasteiger partial charge in [-0.2, -0.15) is 14.6 Å². The van der Waals surface area contributed by atoms with Crippen LogP contribution in [0.4, 0.5) is 5.82 Å². The number of fused-ring (bicyclic) bond motifs is 1. The van der Waals surface area contributed by atoms with Crippen LogP contribution in [0.1, 0.15) is 25.7 Å². The molecule has 2 heterocycles. The predicted octanol–water partition coefficient (Wildman–Crippen LogP) is 2.53. The molecule has 2 fully saturated rings. The first-order valence-corrected chi connectivity index (χ1v) is 10.1. The molecule has 2 aromatic heterocycles. The molecule has 2 aliphatic carbocycles. The molecule has 1 aromatic carbocycles. The predicted molar refractivity (Wildman–Crippen MR) is 109 cm³/mol. The monoisotopic (exact) mass is 392 g/mol. The first-order valence-electron chi connectivity index (χ1n) is 10.1. The van der Waals surface area contributed by atoms with Crippen molar-refractivity contribution in [3.63, 3.8) is 0 Å². The van der Waals surface area contributed by atoms with Crippen LogP contribution in [-0.4, -0.2) is 60.7 Å². The van der Waals surface area contributed by atoms with Crippen LogP contribution in [0.25, 0.3) is 17.0 Å². The Morgan fingerprint density at radius 3 is 2.76 bits per heavy atom. The van der Waals surface area contributed by atoms with Crippen LogP contribution in [0, 0.1) is 5.92 Å². The van der Waals surface area contributed by atoms with Gasteiger partial charge >= 0.3 is 5.97 Å². The normalized spacial score (nSPS) is 21.3. The second kappa shape index (κ2) is 7.44. The summed E-state index contributed by atoms with van der Waals surface area (Å²) in [5.41, 5.74) is 1.88. The Morgan fingerprint density at radius 1 is 1.24 bits per heavy atom. The Balaban J connectivity index is 1.31. The van der Waals surface area contributed by atoms with E-state index in [1.165, 1.54) is 19.2 Å². The summed E-state index contributed by atoms with van der Waals surface area (Å²) in [5, 5.41) is 17.1. The molecular formula is C21H24N6O2. The van der Waals surface area contributed by atoms with Gasteiger partial charge in [0.25, 0.3) is 5.78 Å². The highest BCUT2D eigenvalue weighted by atomic mass is 16.4. The number of hydrogen-bond acceptors (Lipinski definition) is 6. The topological polar surface area (TPSA) is 95.7 Å². The van der Waals surface area contributed by atoms with Crippen molar-refractivity contribution >= 4 is 17.6 Å². The summed E-state index contributed by atoms with van der Waals surface area (Å²) in [7, 11) is 0. The van der Waals surface area contributed by atoms with Crippen molar-refractivity contribution < 1.29 is 9.90 Å². The highest BCUT2D eigenvalue weighted by Crippen LogP contribution is 2.35. The van der Waals surface area contributed by atoms with Gasteiger partial charge in [-0.25, -0.2) is 4.98 Å². The Labute approximate surface area is 168 Å². The number of benzene rings is 1. The number of aliphatic carboxylic acids is 1. The van der Waals surface area contributed by atoms with Crippen molar-refractivity contribution in [3.8, 4) is 11.3 Å². The highest BCUT2D eigenvalue weighted by Gasteiger charge is 2.37. The maximum absolute atomic E-state index is 11.2. The first kappa shape index (κ1) is 18.1. The maximum Gasteiger partial charge on any atom is 0.317 e. The van der Waals surface area contributed by atoms with E-state index in [0.29, 0.717) is 17.7 Å². The molecule has 0 radical (unpaired) electrons. The Hall–Kier alpha value is -3.00. The van der Waals surface area contributed by atoms with Crippen LogP contribution in [-0.2, 0) is 4.79 Å². The molecule has 5 rings (SSSR count).